The molecule has 5 nitrogen and oxygen atoms in total. The average Bonchev–Trinajstić information content (AvgIpc) is 2.83. The first-order valence-corrected chi connectivity index (χ1v) is 6.85. The Morgan fingerprint density at radius 3 is 2.50 bits per heavy atom. The standard InChI is InChI=1S/C17H15NO4/c1-10-15(11(2)22-18-10)9-21-16-8-13-6-4-3-5-12(13)7-14(16)17(19)20/h3-8H,9H2,1-2H3,(H,19,20)/p-1. The van der Waals surface area contributed by atoms with Gasteiger partial charge in [0.1, 0.15) is 18.1 Å². The highest BCUT2D eigenvalue weighted by molar-refractivity contribution is 5.96. The van der Waals surface area contributed by atoms with Crippen LogP contribution in [0.25, 0.3) is 10.8 Å². The summed E-state index contributed by atoms with van der Waals surface area (Å²) in [6, 6.07) is 10.8. The molecule has 3 rings (SSSR count). The maximum Gasteiger partial charge on any atom is 0.140 e. The number of aryl methyl sites for hydroxylation is 2. The van der Waals surface area contributed by atoms with Gasteiger partial charge in [0.2, 0.25) is 0 Å². The van der Waals surface area contributed by atoms with E-state index in [4.69, 9.17) is 9.26 Å². The number of aromatic nitrogens is 1. The first-order valence-electron chi connectivity index (χ1n) is 6.85. The Balaban J connectivity index is 1.98. The van der Waals surface area contributed by atoms with Crippen LogP contribution in [0.2, 0.25) is 0 Å². The lowest BCUT2D eigenvalue weighted by Gasteiger charge is -2.13. The molecule has 0 fully saturated rings. The van der Waals surface area contributed by atoms with Crippen LogP contribution >= 0.6 is 0 Å². The van der Waals surface area contributed by atoms with E-state index in [1.54, 1.807) is 19.1 Å². The molecule has 0 N–H and O–H groups in total. The molecule has 0 aliphatic heterocycles. The van der Waals surface area contributed by atoms with E-state index in [2.05, 4.69) is 5.16 Å². The second-order valence-electron chi connectivity index (χ2n) is 5.07. The van der Waals surface area contributed by atoms with Crippen molar-refractivity contribution in [2.45, 2.75) is 20.5 Å². The first-order chi connectivity index (χ1) is 10.6. The van der Waals surface area contributed by atoms with Gasteiger partial charge in [-0.2, -0.15) is 0 Å². The summed E-state index contributed by atoms with van der Waals surface area (Å²) in [5.74, 6) is -0.327. The number of rotatable bonds is 4. The Morgan fingerprint density at radius 1 is 1.23 bits per heavy atom. The number of hydrogen-bond donors (Lipinski definition) is 0. The Kier molecular flexibility index (Phi) is 3.55. The molecule has 0 atom stereocenters. The molecule has 0 radical (unpaired) electrons. The summed E-state index contributed by atoms with van der Waals surface area (Å²) >= 11 is 0. The maximum absolute atomic E-state index is 11.3. The molecule has 1 aromatic heterocycles. The van der Waals surface area contributed by atoms with Crippen molar-refractivity contribution in [1.82, 2.24) is 5.16 Å². The molecule has 0 aliphatic carbocycles. The van der Waals surface area contributed by atoms with Gasteiger partial charge in [-0.1, -0.05) is 29.4 Å². The zero-order chi connectivity index (χ0) is 15.7. The summed E-state index contributed by atoms with van der Waals surface area (Å²) in [6.07, 6.45) is 0. The monoisotopic (exact) mass is 296 g/mol. The predicted molar refractivity (Wildman–Crippen MR) is 78.6 cm³/mol. The normalized spacial score (nSPS) is 10.8. The molecule has 0 saturated carbocycles. The molecule has 0 aliphatic rings. The molecule has 3 aromatic rings. The molecule has 0 spiro atoms. The Labute approximate surface area is 127 Å². The Morgan fingerprint density at radius 2 is 1.91 bits per heavy atom. The van der Waals surface area contributed by atoms with Crippen LogP contribution in [0.5, 0.6) is 5.75 Å². The van der Waals surface area contributed by atoms with Gasteiger partial charge in [-0.15, -0.1) is 0 Å². The molecule has 2 aromatic carbocycles. The number of carboxylic acid groups (broad SMARTS) is 1. The van der Waals surface area contributed by atoms with Gasteiger partial charge < -0.3 is 19.2 Å². The number of hydrogen-bond acceptors (Lipinski definition) is 5. The quantitative estimate of drug-likeness (QED) is 0.739. The zero-order valence-corrected chi connectivity index (χ0v) is 12.3. The van der Waals surface area contributed by atoms with Crippen molar-refractivity contribution in [3.8, 4) is 5.75 Å². The lowest BCUT2D eigenvalue weighted by Crippen LogP contribution is -2.23. The van der Waals surface area contributed by atoms with E-state index >= 15 is 0 Å². The highest BCUT2D eigenvalue weighted by atomic mass is 16.5. The van der Waals surface area contributed by atoms with Crippen LogP contribution in [0, 0.1) is 13.8 Å². The van der Waals surface area contributed by atoms with Crippen molar-refractivity contribution in [1.29, 1.82) is 0 Å². The van der Waals surface area contributed by atoms with Gasteiger partial charge in [-0.25, -0.2) is 0 Å². The maximum atomic E-state index is 11.3. The van der Waals surface area contributed by atoms with E-state index in [1.807, 2.05) is 31.2 Å². The summed E-state index contributed by atoms with van der Waals surface area (Å²) in [5, 5.41) is 16.9. The van der Waals surface area contributed by atoms with Crippen LogP contribution in [0.15, 0.2) is 40.9 Å². The Bertz CT molecular complexity index is 831. The summed E-state index contributed by atoms with van der Waals surface area (Å²) in [5.41, 5.74) is 1.58. The molecule has 112 valence electrons. The predicted octanol–water partition coefficient (Wildman–Crippen LogP) is 2.39. The topological polar surface area (TPSA) is 75.4 Å². The minimum Gasteiger partial charge on any atom is -0.545 e. The van der Waals surface area contributed by atoms with Crippen LogP contribution in [0.4, 0.5) is 0 Å². The van der Waals surface area contributed by atoms with Crippen LogP contribution in [0.1, 0.15) is 27.4 Å². The fourth-order valence-corrected chi connectivity index (χ4v) is 2.36. The Hall–Kier alpha value is -2.82. The lowest BCUT2D eigenvalue weighted by atomic mass is 10.1. The summed E-state index contributed by atoms with van der Waals surface area (Å²) in [4.78, 5) is 11.3. The number of aromatic carboxylic acids is 1. The van der Waals surface area contributed by atoms with Gasteiger partial charge in [0.05, 0.1) is 17.2 Å². The van der Waals surface area contributed by atoms with Gasteiger partial charge in [0, 0.05) is 5.56 Å². The molecule has 0 saturated heterocycles. The third kappa shape index (κ3) is 2.53. The summed E-state index contributed by atoms with van der Waals surface area (Å²) < 4.78 is 10.8. The lowest BCUT2D eigenvalue weighted by molar-refractivity contribution is -0.255. The number of fused-ring (bicyclic) bond motifs is 1. The van der Waals surface area contributed by atoms with E-state index in [1.165, 1.54) is 0 Å². The van der Waals surface area contributed by atoms with Crippen molar-refractivity contribution >= 4 is 16.7 Å². The molecule has 5 heteroatoms. The van der Waals surface area contributed by atoms with Gasteiger partial charge in [0.25, 0.3) is 0 Å². The van der Waals surface area contributed by atoms with E-state index in [-0.39, 0.29) is 17.9 Å². The van der Waals surface area contributed by atoms with Crippen molar-refractivity contribution < 1.29 is 19.2 Å². The summed E-state index contributed by atoms with van der Waals surface area (Å²) in [7, 11) is 0. The molecule has 1 heterocycles. The highest BCUT2D eigenvalue weighted by Crippen LogP contribution is 2.27. The SMILES string of the molecule is Cc1noc(C)c1COc1cc2ccccc2cc1C(=O)[O-]. The second kappa shape index (κ2) is 5.52. The first kappa shape index (κ1) is 14.1. The van der Waals surface area contributed by atoms with Crippen LogP contribution in [-0.2, 0) is 6.61 Å². The van der Waals surface area contributed by atoms with Crippen molar-refractivity contribution in [2.75, 3.05) is 0 Å². The third-order valence-electron chi connectivity index (χ3n) is 3.62. The van der Waals surface area contributed by atoms with Crippen molar-refractivity contribution in [3.63, 3.8) is 0 Å². The molecular formula is C17H14NO4-. The molecule has 0 amide bonds. The highest BCUT2D eigenvalue weighted by Gasteiger charge is 2.12. The number of nitrogens with zero attached hydrogens (tertiary/aromatic N) is 1. The van der Waals surface area contributed by atoms with Gasteiger partial charge in [-0.3, -0.25) is 0 Å². The minimum absolute atomic E-state index is 0.0328. The second-order valence-corrected chi connectivity index (χ2v) is 5.07. The van der Waals surface area contributed by atoms with E-state index < -0.39 is 5.97 Å². The number of carboxylic acids is 1. The third-order valence-corrected chi connectivity index (χ3v) is 3.62. The van der Waals surface area contributed by atoms with Crippen molar-refractivity contribution in [2.24, 2.45) is 0 Å². The number of ether oxygens (including phenoxy) is 1. The fourth-order valence-electron chi connectivity index (χ4n) is 2.36. The fraction of sp³-hybridized carbons (Fsp3) is 0.176. The molecule has 0 unspecified atom stereocenters. The van der Waals surface area contributed by atoms with Crippen LogP contribution < -0.4 is 9.84 Å². The number of benzene rings is 2. The zero-order valence-electron chi connectivity index (χ0n) is 12.3. The largest absolute Gasteiger partial charge is 0.545 e. The van der Waals surface area contributed by atoms with Crippen LogP contribution in [0.3, 0.4) is 0 Å². The van der Waals surface area contributed by atoms with Gasteiger partial charge in [0.15, 0.2) is 0 Å². The summed E-state index contributed by atoms with van der Waals surface area (Å²) in [6.45, 7) is 3.80. The minimum atomic E-state index is -1.26. The molecule has 22 heavy (non-hydrogen) atoms. The molecular weight excluding hydrogens is 282 g/mol. The number of carbonyl (C=O) groups excluding carboxylic acids is 1. The average molecular weight is 296 g/mol. The number of carbonyl (C=O) groups is 1. The van der Waals surface area contributed by atoms with E-state index in [9.17, 15) is 9.90 Å². The molecule has 0 bridgehead atoms. The van der Waals surface area contributed by atoms with E-state index in [0.29, 0.717) is 5.76 Å². The van der Waals surface area contributed by atoms with Crippen molar-refractivity contribution in [3.05, 3.63) is 59.0 Å². The van der Waals surface area contributed by atoms with Gasteiger partial charge >= 0.3 is 0 Å². The van der Waals surface area contributed by atoms with Crippen LogP contribution in [-0.4, -0.2) is 11.1 Å². The van der Waals surface area contributed by atoms with Gasteiger partial charge in [-0.05, 0) is 36.8 Å². The van der Waals surface area contributed by atoms with E-state index in [0.717, 1.165) is 22.0 Å². The smallest absolute Gasteiger partial charge is 0.140 e.